The van der Waals surface area contributed by atoms with Gasteiger partial charge in [0.15, 0.2) is 0 Å². The maximum absolute atomic E-state index is 12.7. The highest BCUT2D eigenvalue weighted by molar-refractivity contribution is 7.19. The van der Waals surface area contributed by atoms with Gasteiger partial charge in [0.1, 0.15) is 18.4 Å². The fourth-order valence-electron chi connectivity index (χ4n) is 3.90. The van der Waals surface area contributed by atoms with Gasteiger partial charge in [0, 0.05) is 17.5 Å². The molecule has 3 aromatic heterocycles. The predicted molar refractivity (Wildman–Crippen MR) is 107 cm³/mol. The molecule has 1 N–H and O–H groups in total. The molecule has 0 radical (unpaired) electrons. The van der Waals surface area contributed by atoms with Crippen LogP contribution in [0.4, 0.5) is 0 Å². The molecule has 27 heavy (non-hydrogen) atoms. The number of likely N-dealkylation sites (tertiary alicyclic amines) is 1. The van der Waals surface area contributed by atoms with Crippen molar-refractivity contribution in [2.24, 2.45) is 0 Å². The Morgan fingerprint density at radius 2 is 2.19 bits per heavy atom. The molecule has 8 heteroatoms. The minimum Gasteiger partial charge on any atom is -0.353 e. The molecule has 3 aromatic rings. The third-order valence-electron chi connectivity index (χ3n) is 5.42. The molecular weight excluding hydrogens is 362 g/mol. The van der Waals surface area contributed by atoms with E-state index in [0.717, 1.165) is 36.1 Å². The van der Waals surface area contributed by atoms with Gasteiger partial charge in [-0.05, 0) is 44.5 Å². The van der Waals surface area contributed by atoms with Gasteiger partial charge in [0.05, 0.1) is 10.2 Å². The van der Waals surface area contributed by atoms with Gasteiger partial charge in [-0.15, -0.1) is 11.3 Å². The van der Waals surface area contributed by atoms with E-state index in [4.69, 9.17) is 0 Å². The topological polar surface area (TPSA) is 71.6 Å². The SMILES string of the molecule is CCc1cc2c(cc3c(=O)n(CC(=O)NCC4CCCN4CC)ncn32)s1. The van der Waals surface area contributed by atoms with Crippen LogP contribution in [0.2, 0.25) is 0 Å². The summed E-state index contributed by atoms with van der Waals surface area (Å²) in [6, 6.07) is 4.40. The first-order valence-corrected chi connectivity index (χ1v) is 10.4. The molecule has 7 nitrogen and oxygen atoms in total. The highest BCUT2D eigenvalue weighted by Gasteiger charge is 2.23. The van der Waals surface area contributed by atoms with Crippen LogP contribution < -0.4 is 10.9 Å². The molecule has 1 amide bonds. The molecule has 0 spiro atoms. The number of aryl methyl sites for hydroxylation is 1. The van der Waals surface area contributed by atoms with Crippen molar-refractivity contribution >= 4 is 33.0 Å². The van der Waals surface area contributed by atoms with Gasteiger partial charge in [-0.25, -0.2) is 4.68 Å². The van der Waals surface area contributed by atoms with E-state index in [-0.39, 0.29) is 18.0 Å². The van der Waals surface area contributed by atoms with Crippen LogP contribution in [0.3, 0.4) is 0 Å². The summed E-state index contributed by atoms with van der Waals surface area (Å²) in [4.78, 5) is 28.7. The van der Waals surface area contributed by atoms with Crippen LogP contribution in [0.25, 0.3) is 15.7 Å². The van der Waals surface area contributed by atoms with Crippen LogP contribution in [0.5, 0.6) is 0 Å². The summed E-state index contributed by atoms with van der Waals surface area (Å²) in [5.74, 6) is -0.168. The predicted octanol–water partition coefficient (Wildman–Crippen LogP) is 1.87. The lowest BCUT2D eigenvalue weighted by Gasteiger charge is -2.22. The minimum absolute atomic E-state index is 0.0484. The van der Waals surface area contributed by atoms with E-state index < -0.39 is 0 Å². The molecule has 4 heterocycles. The Morgan fingerprint density at radius 3 is 2.96 bits per heavy atom. The number of carbonyl (C=O) groups excluding carboxylic acids is 1. The molecule has 0 bridgehead atoms. The second-order valence-corrected chi connectivity index (χ2v) is 8.21. The summed E-state index contributed by atoms with van der Waals surface area (Å²) in [6.45, 7) is 6.94. The Bertz CT molecular complexity index is 1030. The lowest BCUT2D eigenvalue weighted by atomic mass is 10.2. The molecule has 0 aliphatic carbocycles. The molecule has 1 aliphatic rings. The lowest BCUT2D eigenvalue weighted by molar-refractivity contribution is -0.122. The third kappa shape index (κ3) is 3.39. The van der Waals surface area contributed by atoms with Crippen molar-refractivity contribution in [3.63, 3.8) is 0 Å². The molecule has 1 unspecified atom stereocenters. The summed E-state index contributed by atoms with van der Waals surface area (Å²) < 4.78 is 4.15. The van der Waals surface area contributed by atoms with Gasteiger partial charge in [0.2, 0.25) is 5.91 Å². The van der Waals surface area contributed by atoms with Crippen molar-refractivity contribution in [3.05, 3.63) is 33.7 Å². The summed E-state index contributed by atoms with van der Waals surface area (Å²) in [7, 11) is 0. The van der Waals surface area contributed by atoms with Crippen LogP contribution in [-0.4, -0.2) is 50.7 Å². The lowest BCUT2D eigenvalue weighted by Crippen LogP contribution is -2.42. The second-order valence-electron chi connectivity index (χ2n) is 7.04. The Balaban J connectivity index is 1.49. The van der Waals surface area contributed by atoms with Crippen molar-refractivity contribution in [1.29, 1.82) is 0 Å². The number of nitrogens with one attached hydrogen (secondary N) is 1. The molecular formula is C19H25N5O2S. The normalized spacial score (nSPS) is 17.9. The van der Waals surface area contributed by atoms with Gasteiger partial charge < -0.3 is 5.32 Å². The number of likely N-dealkylation sites (N-methyl/N-ethyl adjacent to an activating group) is 1. The number of rotatable bonds is 6. The Hall–Kier alpha value is -2.19. The number of hydrogen-bond acceptors (Lipinski definition) is 5. The second kappa shape index (κ2) is 7.44. The van der Waals surface area contributed by atoms with Gasteiger partial charge >= 0.3 is 0 Å². The summed E-state index contributed by atoms with van der Waals surface area (Å²) in [5.41, 5.74) is 1.34. The molecule has 1 aliphatic heterocycles. The van der Waals surface area contributed by atoms with E-state index in [1.54, 1.807) is 17.7 Å². The van der Waals surface area contributed by atoms with Crippen molar-refractivity contribution in [1.82, 2.24) is 24.4 Å². The average molecular weight is 388 g/mol. The van der Waals surface area contributed by atoms with Crippen LogP contribution in [0, 0.1) is 0 Å². The van der Waals surface area contributed by atoms with Gasteiger partial charge in [0.25, 0.3) is 5.56 Å². The number of hydrogen-bond donors (Lipinski definition) is 1. The Labute approximate surface area is 161 Å². The molecule has 1 saturated heterocycles. The summed E-state index contributed by atoms with van der Waals surface area (Å²) in [5, 5.41) is 7.18. The highest BCUT2D eigenvalue weighted by Crippen LogP contribution is 2.28. The van der Waals surface area contributed by atoms with E-state index >= 15 is 0 Å². The first-order valence-electron chi connectivity index (χ1n) is 9.61. The maximum Gasteiger partial charge on any atom is 0.291 e. The molecule has 0 aromatic carbocycles. The minimum atomic E-state index is -0.231. The standard InChI is InChI=1S/C19H25N5O2S/c1-3-14-8-15-17(27-14)9-16-19(26)24(21-12-23(15)16)11-18(25)20-10-13-6-5-7-22(13)4-2/h8-9,12-13H,3-7,10-11H2,1-2H3,(H,20,25). The van der Waals surface area contributed by atoms with Crippen LogP contribution in [0.1, 0.15) is 31.6 Å². The molecule has 4 rings (SSSR count). The molecule has 1 atom stereocenters. The quantitative estimate of drug-likeness (QED) is 0.701. The van der Waals surface area contributed by atoms with Gasteiger partial charge in [-0.2, -0.15) is 5.10 Å². The summed E-state index contributed by atoms with van der Waals surface area (Å²) >= 11 is 1.70. The van der Waals surface area contributed by atoms with Crippen LogP contribution in [-0.2, 0) is 17.8 Å². The van der Waals surface area contributed by atoms with E-state index in [1.165, 1.54) is 16.0 Å². The molecule has 144 valence electrons. The summed E-state index contributed by atoms with van der Waals surface area (Å²) in [6.07, 6.45) is 4.90. The van der Waals surface area contributed by atoms with Crippen molar-refractivity contribution in [2.75, 3.05) is 19.6 Å². The molecule has 0 saturated carbocycles. The number of amides is 1. The number of nitrogens with zero attached hydrogens (tertiary/aromatic N) is 4. The zero-order valence-corrected chi connectivity index (χ0v) is 16.6. The van der Waals surface area contributed by atoms with Crippen molar-refractivity contribution in [2.45, 2.75) is 45.7 Å². The maximum atomic E-state index is 12.7. The first-order chi connectivity index (χ1) is 13.1. The van der Waals surface area contributed by atoms with E-state index in [1.807, 2.05) is 10.5 Å². The Morgan fingerprint density at radius 1 is 1.33 bits per heavy atom. The molecule has 1 fully saturated rings. The van der Waals surface area contributed by atoms with E-state index in [0.29, 0.717) is 18.1 Å². The monoisotopic (exact) mass is 387 g/mol. The number of aromatic nitrogens is 3. The van der Waals surface area contributed by atoms with E-state index in [9.17, 15) is 9.59 Å². The van der Waals surface area contributed by atoms with Gasteiger partial charge in [-0.3, -0.25) is 18.9 Å². The Kier molecular flexibility index (Phi) is 5.01. The fraction of sp³-hybridized carbons (Fsp3) is 0.526. The van der Waals surface area contributed by atoms with Crippen molar-refractivity contribution in [3.8, 4) is 0 Å². The smallest absolute Gasteiger partial charge is 0.291 e. The van der Waals surface area contributed by atoms with E-state index in [2.05, 4.69) is 35.2 Å². The van der Waals surface area contributed by atoms with Gasteiger partial charge in [-0.1, -0.05) is 13.8 Å². The van der Waals surface area contributed by atoms with Crippen molar-refractivity contribution < 1.29 is 4.79 Å². The average Bonchev–Trinajstić information content (AvgIpc) is 3.36. The number of carbonyl (C=O) groups is 1. The largest absolute Gasteiger partial charge is 0.353 e. The third-order valence-corrected chi connectivity index (χ3v) is 6.64. The number of fused-ring (bicyclic) bond motifs is 3. The zero-order valence-electron chi connectivity index (χ0n) is 15.8. The van der Waals surface area contributed by atoms with Crippen LogP contribution >= 0.6 is 11.3 Å². The van der Waals surface area contributed by atoms with Crippen LogP contribution in [0.15, 0.2) is 23.3 Å². The highest BCUT2D eigenvalue weighted by atomic mass is 32.1. The first kappa shape index (κ1) is 18.2. The number of thiophene rings is 1. The zero-order chi connectivity index (χ0) is 19.0. The fourth-order valence-corrected chi connectivity index (χ4v) is 4.93.